The molecular weight excluding hydrogens is 466 g/mol. The standard InChI is InChI=1S/C29H27N5O3/c1-6-28(4,5)29-14-23-24-31-21-12-11-18(15-30)13-19(21)26(37)32(24)16(2)25(36)34(23)27(29)33(17(3)35)22-10-8-7-9-20(22)29/h6-13,16,23,27H,1,14H2,2-5H3/t16-,23+,27+,29-/m1/s1. The molecular formula is C29H27N5O3. The number of carbonyl (C=O) groups is 2. The normalized spacial score (nSPS) is 25.8. The van der Waals surface area contributed by atoms with Crippen molar-refractivity contribution in [2.75, 3.05) is 4.90 Å². The Morgan fingerprint density at radius 3 is 2.65 bits per heavy atom. The molecule has 1 aromatic heterocycles. The number of hydrogen-bond acceptors (Lipinski definition) is 5. The quantitative estimate of drug-likeness (QED) is 0.503. The van der Waals surface area contributed by atoms with Gasteiger partial charge in [0.25, 0.3) is 5.56 Å². The summed E-state index contributed by atoms with van der Waals surface area (Å²) in [6.45, 7) is 11.5. The van der Waals surface area contributed by atoms with Crippen LogP contribution >= 0.6 is 0 Å². The van der Waals surface area contributed by atoms with Crippen molar-refractivity contribution >= 4 is 28.4 Å². The number of rotatable bonds is 2. The van der Waals surface area contributed by atoms with Crippen LogP contribution < -0.4 is 10.5 Å². The Hall–Kier alpha value is -4.25. The fourth-order valence-electron chi connectivity index (χ4n) is 6.88. The molecule has 3 aromatic rings. The third-order valence-electron chi connectivity index (χ3n) is 8.80. The highest BCUT2D eigenvalue weighted by Gasteiger charge is 2.69. The first-order chi connectivity index (χ1) is 17.6. The van der Waals surface area contributed by atoms with Gasteiger partial charge >= 0.3 is 0 Å². The highest BCUT2D eigenvalue weighted by Crippen LogP contribution is 2.65. The van der Waals surface area contributed by atoms with E-state index in [1.54, 1.807) is 28.9 Å². The first-order valence-electron chi connectivity index (χ1n) is 12.4. The second-order valence-corrected chi connectivity index (χ2v) is 10.8. The SMILES string of the molecule is C=CC(C)(C)[C@@]12C[C@H]3c4nc5ccc(C#N)cc5c(=O)n4[C@H](C)C(=O)N3[C@@H]1N(C(C)=O)c1ccccc12. The number of fused-ring (bicyclic) bond motifs is 8. The summed E-state index contributed by atoms with van der Waals surface area (Å²) in [5, 5.41) is 9.64. The van der Waals surface area contributed by atoms with Gasteiger partial charge in [-0.15, -0.1) is 6.58 Å². The Morgan fingerprint density at radius 1 is 1.24 bits per heavy atom. The number of aromatic nitrogens is 2. The van der Waals surface area contributed by atoms with Gasteiger partial charge in [0.1, 0.15) is 18.0 Å². The summed E-state index contributed by atoms with van der Waals surface area (Å²) in [7, 11) is 0. The number of nitriles is 1. The number of nitrogens with zero attached hydrogens (tertiary/aromatic N) is 5. The fraction of sp³-hybridized carbons (Fsp3) is 0.345. The topological polar surface area (TPSA) is 99.3 Å². The zero-order chi connectivity index (χ0) is 26.4. The molecule has 0 saturated carbocycles. The molecule has 8 heteroatoms. The minimum atomic E-state index is -0.818. The molecule has 0 radical (unpaired) electrons. The molecule has 8 nitrogen and oxygen atoms in total. The predicted molar refractivity (Wildman–Crippen MR) is 139 cm³/mol. The Balaban J connectivity index is 1.67. The van der Waals surface area contributed by atoms with E-state index in [-0.39, 0.29) is 17.4 Å². The van der Waals surface area contributed by atoms with Crippen molar-refractivity contribution in [3.05, 3.63) is 82.4 Å². The van der Waals surface area contributed by atoms with Crippen LogP contribution in [0.1, 0.15) is 63.2 Å². The average molecular weight is 494 g/mol. The lowest BCUT2D eigenvalue weighted by Crippen LogP contribution is -2.59. The maximum Gasteiger partial charge on any atom is 0.262 e. The van der Waals surface area contributed by atoms with Crippen molar-refractivity contribution in [1.29, 1.82) is 5.26 Å². The molecule has 1 saturated heterocycles. The number of para-hydroxylation sites is 1. The van der Waals surface area contributed by atoms with Gasteiger partial charge in [-0.1, -0.05) is 38.1 Å². The van der Waals surface area contributed by atoms with Gasteiger partial charge in [0.15, 0.2) is 0 Å². The third kappa shape index (κ3) is 2.66. The van der Waals surface area contributed by atoms with Crippen molar-refractivity contribution in [2.24, 2.45) is 5.41 Å². The zero-order valence-corrected chi connectivity index (χ0v) is 21.2. The van der Waals surface area contributed by atoms with Gasteiger partial charge < -0.3 is 4.90 Å². The Labute approximate surface area is 214 Å². The Kier molecular flexibility index (Phi) is 4.63. The van der Waals surface area contributed by atoms with E-state index < -0.39 is 29.1 Å². The summed E-state index contributed by atoms with van der Waals surface area (Å²) < 4.78 is 1.48. The van der Waals surface area contributed by atoms with E-state index in [4.69, 9.17) is 4.98 Å². The monoisotopic (exact) mass is 493 g/mol. The lowest BCUT2D eigenvalue weighted by Gasteiger charge is -2.46. The lowest BCUT2D eigenvalue weighted by molar-refractivity contribution is -0.141. The Morgan fingerprint density at radius 2 is 1.97 bits per heavy atom. The smallest absolute Gasteiger partial charge is 0.262 e. The van der Waals surface area contributed by atoms with Crippen LogP contribution in [0.5, 0.6) is 0 Å². The molecule has 0 unspecified atom stereocenters. The van der Waals surface area contributed by atoms with Crippen LogP contribution in [-0.4, -0.2) is 32.4 Å². The van der Waals surface area contributed by atoms with Crippen molar-refractivity contribution in [3.8, 4) is 6.07 Å². The molecule has 3 aliphatic heterocycles. The van der Waals surface area contributed by atoms with E-state index in [0.717, 1.165) is 11.3 Å². The third-order valence-corrected chi connectivity index (χ3v) is 8.80. The molecule has 2 amide bonds. The molecule has 3 aliphatic rings. The summed E-state index contributed by atoms with van der Waals surface area (Å²) in [4.78, 5) is 49.4. The summed E-state index contributed by atoms with van der Waals surface area (Å²) in [6, 6.07) is 13.4. The van der Waals surface area contributed by atoms with Crippen molar-refractivity contribution in [1.82, 2.24) is 14.5 Å². The minimum absolute atomic E-state index is 0.154. The molecule has 0 aliphatic carbocycles. The first kappa shape index (κ1) is 23.2. The van der Waals surface area contributed by atoms with Crippen LogP contribution in [-0.2, 0) is 15.0 Å². The average Bonchev–Trinajstić information content (AvgIpc) is 3.39. The zero-order valence-electron chi connectivity index (χ0n) is 21.2. The van der Waals surface area contributed by atoms with Crippen LogP contribution in [0, 0.1) is 16.7 Å². The largest absolute Gasteiger partial charge is 0.309 e. The van der Waals surface area contributed by atoms with Crippen LogP contribution in [0.3, 0.4) is 0 Å². The minimum Gasteiger partial charge on any atom is -0.309 e. The van der Waals surface area contributed by atoms with Crippen LogP contribution in [0.2, 0.25) is 0 Å². The molecule has 37 heavy (non-hydrogen) atoms. The molecule has 0 spiro atoms. The van der Waals surface area contributed by atoms with E-state index in [9.17, 15) is 19.6 Å². The van der Waals surface area contributed by atoms with E-state index >= 15 is 0 Å². The number of amides is 2. The number of benzene rings is 2. The molecule has 2 aromatic carbocycles. The molecule has 4 heterocycles. The van der Waals surface area contributed by atoms with E-state index in [1.165, 1.54) is 17.6 Å². The summed E-state index contributed by atoms with van der Waals surface area (Å²) >= 11 is 0. The van der Waals surface area contributed by atoms with Gasteiger partial charge in [-0.25, -0.2) is 4.98 Å². The molecule has 1 fully saturated rings. The van der Waals surface area contributed by atoms with Crippen molar-refractivity contribution in [3.63, 3.8) is 0 Å². The van der Waals surface area contributed by atoms with Crippen LogP contribution in [0.4, 0.5) is 5.69 Å². The van der Waals surface area contributed by atoms with Crippen LogP contribution in [0.15, 0.2) is 59.9 Å². The highest BCUT2D eigenvalue weighted by molar-refractivity contribution is 5.98. The summed E-state index contributed by atoms with van der Waals surface area (Å²) in [5.41, 5.74) is 1.12. The summed E-state index contributed by atoms with van der Waals surface area (Å²) in [6.07, 6.45) is 1.79. The number of hydrogen-bond donors (Lipinski definition) is 0. The highest BCUT2D eigenvalue weighted by atomic mass is 16.2. The van der Waals surface area contributed by atoms with Gasteiger partial charge in [0.2, 0.25) is 11.8 Å². The number of carbonyl (C=O) groups excluding carboxylic acids is 2. The predicted octanol–water partition coefficient (Wildman–Crippen LogP) is 3.96. The van der Waals surface area contributed by atoms with Gasteiger partial charge in [-0.2, -0.15) is 5.26 Å². The van der Waals surface area contributed by atoms with Gasteiger partial charge in [-0.3, -0.25) is 23.9 Å². The second-order valence-electron chi connectivity index (χ2n) is 10.8. The van der Waals surface area contributed by atoms with E-state index in [1.807, 2.05) is 30.3 Å². The second kappa shape index (κ2) is 7.39. The number of allylic oxidation sites excluding steroid dienone is 1. The van der Waals surface area contributed by atoms with Gasteiger partial charge in [0.05, 0.1) is 28.6 Å². The fourth-order valence-corrected chi connectivity index (χ4v) is 6.88. The Bertz CT molecular complexity index is 1650. The molecule has 4 atom stereocenters. The number of anilines is 1. The lowest BCUT2D eigenvalue weighted by atomic mass is 9.60. The van der Waals surface area contributed by atoms with Gasteiger partial charge in [0, 0.05) is 18.0 Å². The van der Waals surface area contributed by atoms with E-state index in [0.29, 0.717) is 28.7 Å². The molecule has 6 rings (SSSR count). The first-order valence-corrected chi connectivity index (χ1v) is 12.4. The molecule has 0 bridgehead atoms. The molecule has 186 valence electrons. The maximum atomic E-state index is 14.1. The van der Waals surface area contributed by atoms with Crippen molar-refractivity contribution in [2.45, 2.75) is 57.8 Å². The maximum absolute atomic E-state index is 14.1. The van der Waals surface area contributed by atoms with Gasteiger partial charge in [-0.05, 0) is 48.6 Å². The van der Waals surface area contributed by atoms with E-state index in [2.05, 4.69) is 26.5 Å². The van der Waals surface area contributed by atoms with Crippen LogP contribution in [0.25, 0.3) is 10.9 Å². The summed E-state index contributed by atoms with van der Waals surface area (Å²) in [5.74, 6) is 0.116. The van der Waals surface area contributed by atoms with Crippen molar-refractivity contribution < 1.29 is 9.59 Å². The molecule has 0 N–H and O–H groups in total.